The lowest BCUT2D eigenvalue weighted by molar-refractivity contribution is -0.125. The molecule has 1 atom stereocenters. The monoisotopic (exact) mass is 457 g/mol. The number of hydrogen-bond donors (Lipinski definition) is 1. The maximum absolute atomic E-state index is 12.4. The molecule has 4 rings (SSSR count). The fourth-order valence-electron chi connectivity index (χ4n) is 2.93. The highest BCUT2D eigenvalue weighted by molar-refractivity contribution is 9.10. The van der Waals surface area contributed by atoms with Crippen LogP contribution in [0.25, 0.3) is 11.3 Å². The van der Waals surface area contributed by atoms with Gasteiger partial charge in [-0.2, -0.15) is 0 Å². The number of carbonyl (C=O) groups is 2. The summed E-state index contributed by atoms with van der Waals surface area (Å²) in [7, 11) is 1.73. The van der Waals surface area contributed by atoms with Crippen molar-refractivity contribution >= 4 is 49.9 Å². The second kappa shape index (κ2) is 7.37. The van der Waals surface area contributed by atoms with E-state index in [0.29, 0.717) is 22.1 Å². The predicted molar refractivity (Wildman–Crippen MR) is 113 cm³/mol. The quantitative estimate of drug-likeness (QED) is 0.625. The van der Waals surface area contributed by atoms with Gasteiger partial charge in [-0.3, -0.25) is 14.9 Å². The zero-order valence-electron chi connectivity index (χ0n) is 15.1. The Bertz CT molecular complexity index is 1080. The molecule has 1 aliphatic heterocycles. The smallest absolute Gasteiger partial charge is 0.267 e. The highest BCUT2D eigenvalue weighted by Crippen LogP contribution is 2.37. The minimum atomic E-state index is -0.498. The summed E-state index contributed by atoms with van der Waals surface area (Å²) in [6.07, 6.45) is -0.498. The van der Waals surface area contributed by atoms with E-state index in [4.69, 9.17) is 4.74 Å². The van der Waals surface area contributed by atoms with Gasteiger partial charge in [0.25, 0.3) is 11.8 Å². The van der Waals surface area contributed by atoms with Crippen LogP contribution in [0.1, 0.15) is 17.3 Å². The molecule has 1 aromatic heterocycles. The molecular formula is C20H16BrN3O3S. The number of benzene rings is 2. The van der Waals surface area contributed by atoms with Crippen molar-refractivity contribution < 1.29 is 14.3 Å². The van der Waals surface area contributed by atoms with Crippen LogP contribution < -0.4 is 15.0 Å². The van der Waals surface area contributed by atoms with Crippen LogP contribution in [-0.4, -0.2) is 29.9 Å². The number of amides is 2. The molecule has 0 saturated carbocycles. The van der Waals surface area contributed by atoms with Crippen LogP contribution in [0.3, 0.4) is 0 Å². The van der Waals surface area contributed by atoms with Gasteiger partial charge in [-0.15, -0.1) is 11.3 Å². The van der Waals surface area contributed by atoms with E-state index in [1.54, 1.807) is 37.1 Å². The molecule has 0 radical (unpaired) electrons. The number of thiazole rings is 1. The zero-order valence-corrected chi connectivity index (χ0v) is 17.5. The van der Waals surface area contributed by atoms with Crippen molar-refractivity contribution in [2.75, 3.05) is 17.3 Å². The standard InChI is InChI=1S/C20H16BrN3O3S/c1-11-19(26)24(2)16-9-12(6-7-17(16)27-11)15-10-28-20(22-15)23-18(25)13-4-3-5-14(21)8-13/h3-11H,1-2H3,(H,22,23,25)/t11-/m1/s1. The number of nitrogens with one attached hydrogen (secondary N) is 1. The largest absolute Gasteiger partial charge is 0.479 e. The third-order valence-corrected chi connectivity index (χ3v) is 5.66. The molecule has 0 unspecified atom stereocenters. The number of aromatic nitrogens is 1. The van der Waals surface area contributed by atoms with Gasteiger partial charge >= 0.3 is 0 Å². The van der Waals surface area contributed by atoms with E-state index < -0.39 is 6.10 Å². The Kier molecular flexibility index (Phi) is 4.91. The Morgan fingerprint density at radius 3 is 2.89 bits per heavy atom. The topological polar surface area (TPSA) is 71.5 Å². The Morgan fingerprint density at radius 2 is 2.11 bits per heavy atom. The van der Waals surface area contributed by atoms with Crippen LogP contribution in [0.4, 0.5) is 10.8 Å². The maximum atomic E-state index is 12.4. The number of halogens is 1. The Hall–Kier alpha value is -2.71. The van der Waals surface area contributed by atoms with E-state index >= 15 is 0 Å². The normalized spacial score (nSPS) is 15.8. The van der Waals surface area contributed by atoms with Crippen molar-refractivity contribution in [1.29, 1.82) is 0 Å². The minimum absolute atomic E-state index is 0.0927. The number of nitrogens with zero attached hydrogens (tertiary/aromatic N) is 2. The van der Waals surface area contributed by atoms with Crippen molar-refractivity contribution in [3.63, 3.8) is 0 Å². The summed E-state index contributed by atoms with van der Waals surface area (Å²) in [5.74, 6) is 0.349. The van der Waals surface area contributed by atoms with E-state index in [2.05, 4.69) is 26.2 Å². The Labute approximate surface area is 174 Å². The van der Waals surface area contributed by atoms with Crippen LogP contribution >= 0.6 is 27.3 Å². The third-order valence-electron chi connectivity index (χ3n) is 4.41. The fourth-order valence-corrected chi connectivity index (χ4v) is 4.05. The molecule has 2 heterocycles. The van der Waals surface area contributed by atoms with E-state index in [0.717, 1.165) is 15.7 Å². The average Bonchev–Trinajstić information content (AvgIpc) is 3.14. The van der Waals surface area contributed by atoms with Gasteiger partial charge in [0, 0.05) is 28.0 Å². The first kappa shape index (κ1) is 18.6. The second-order valence-electron chi connectivity index (χ2n) is 6.34. The summed E-state index contributed by atoms with van der Waals surface area (Å²) in [6, 6.07) is 12.8. The van der Waals surface area contributed by atoms with Gasteiger partial charge < -0.3 is 9.64 Å². The molecule has 28 heavy (non-hydrogen) atoms. The summed E-state index contributed by atoms with van der Waals surface area (Å²) < 4.78 is 6.49. The molecule has 142 valence electrons. The van der Waals surface area contributed by atoms with Gasteiger partial charge in [0.2, 0.25) is 0 Å². The number of carbonyl (C=O) groups excluding carboxylic acids is 2. The van der Waals surface area contributed by atoms with Crippen molar-refractivity contribution in [3.8, 4) is 17.0 Å². The lowest BCUT2D eigenvalue weighted by Gasteiger charge is -2.30. The summed E-state index contributed by atoms with van der Waals surface area (Å²) in [5.41, 5.74) is 2.81. The van der Waals surface area contributed by atoms with Gasteiger partial charge in [-0.1, -0.05) is 22.0 Å². The van der Waals surface area contributed by atoms with Crippen molar-refractivity contribution in [1.82, 2.24) is 4.98 Å². The summed E-state index contributed by atoms with van der Waals surface area (Å²) in [4.78, 5) is 30.6. The highest BCUT2D eigenvalue weighted by Gasteiger charge is 2.29. The van der Waals surface area contributed by atoms with Gasteiger partial charge in [0.05, 0.1) is 11.4 Å². The molecule has 6 nitrogen and oxygen atoms in total. The number of hydrogen-bond acceptors (Lipinski definition) is 5. The maximum Gasteiger partial charge on any atom is 0.267 e. The average molecular weight is 458 g/mol. The number of rotatable bonds is 3. The van der Waals surface area contributed by atoms with Crippen LogP contribution in [0.2, 0.25) is 0 Å². The van der Waals surface area contributed by atoms with Crippen LogP contribution in [-0.2, 0) is 4.79 Å². The van der Waals surface area contributed by atoms with Gasteiger partial charge in [-0.05, 0) is 43.3 Å². The Morgan fingerprint density at radius 1 is 1.29 bits per heavy atom. The summed E-state index contributed by atoms with van der Waals surface area (Å²) >= 11 is 4.71. The minimum Gasteiger partial charge on any atom is -0.479 e. The second-order valence-corrected chi connectivity index (χ2v) is 8.12. The lowest BCUT2D eigenvalue weighted by atomic mass is 10.1. The first-order valence-electron chi connectivity index (χ1n) is 8.53. The van der Waals surface area contributed by atoms with Crippen molar-refractivity contribution in [2.24, 2.45) is 0 Å². The number of likely N-dealkylation sites (N-methyl/N-ethyl adjacent to an activating group) is 1. The van der Waals surface area contributed by atoms with E-state index in [9.17, 15) is 9.59 Å². The molecule has 0 aliphatic carbocycles. The fraction of sp³-hybridized carbons (Fsp3) is 0.150. The molecule has 2 aromatic carbocycles. The first-order valence-corrected chi connectivity index (χ1v) is 10.2. The number of fused-ring (bicyclic) bond motifs is 1. The molecule has 0 saturated heterocycles. The summed E-state index contributed by atoms with van der Waals surface area (Å²) in [5, 5.41) is 5.19. The lowest BCUT2D eigenvalue weighted by Crippen LogP contribution is -2.41. The van der Waals surface area contributed by atoms with Gasteiger partial charge in [0.15, 0.2) is 11.2 Å². The molecule has 0 fully saturated rings. The van der Waals surface area contributed by atoms with E-state index in [-0.39, 0.29) is 11.8 Å². The Balaban J connectivity index is 1.57. The van der Waals surface area contributed by atoms with Crippen LogP contribution in [0.15, 0.2) is 52.3 Å². The first-order chi connectivity index (χ1) is 13.4. The van der Waals surface area contributed by atoms with Crippen molar-refractivity contribution in [2.45, 2.75) is 13.0 Å². The van der Waals surface area contributed by atoms with Crippen molar-refractivity contribution in [3.05, 3.63) is 57.9 Å². The van der Waals surface area contributed by atoms with E-state index in [1.807, 2.05) is 29.6 Å². The molecule has 0 spiro atoms. The number of anilines is 2. The van der Waals surface area contributed by atoms with Crippen LogP contribution in [0, 0.1) is 0 Å². The number of ether oxygens (including phenoxy) is 1. The molecular weight excluding hydrogens is 442 g/mol. The molecule has 1 N–H and O–H groups in total. The highest BCUT2D eigenvalue weighted by atomic mass is 79.9. The molecule has 3 aromatic rings. The zero-order chi connectivity index (χ0) is 19.8. The molecule has 0 bridgehead atoms. The predicted octanol–water partition coefficient (Wildman–Crippen LogP) is 4.57. The van der Waals surface area contributed by atoms with Gasteiger partial charge in [0.1, 0.15) is 5.75 Å². The molecule has 8 heteroatoms. The third kappa shape index (κ3) is 3.53. The molecule has 2 amide bonds. The molecule has 1 aliphatic rings. The van der Waals surface area contributed by atoms with Gasteiger partial charge in [-0.25, -0.2) is 4.98 Å². The van der Waals surface area contributed by atoms with Crippen LogP contribution in [0.5, 0.6) is 5.75 Å². The van der Waals surface area contributed by atoms with E-state index in [1.165, 1.54) is 11.3 Å². The SMILES string of the molecule is C[C@H]1Oc2ccc(-c3csc(NC(=O)c4cccc(Br)c4)n3)cc2N(C)C1=O. The summed E-state index contributed by atoms with van der Waals surface area (Å²) in [6.45, 7) is 1.73.